The molecule has 5 rings (SSSR count). The molecule has 1 amide bonds. The van der Waals surface area contributed by atoms with Crippen LogP contribution in [0.2, 0.25) is 0 Å². The quantitative estimate of drug-likeness (QED) is 0.546. The number of carbonyl (C=O) groups excluding carboxylic acids is 1. The molecule has 1 aliphatic heterocycles. The van der Waals surface area contributed by atoms with Gasteiger partial charge in [-0.15, -0.1) is 0 Å². The lowest BCUT2D eigenvalue weighted by atomic mass is 9.92. The maximum absolute atomic E-state index is 12.5. The number of sulfone groups is 1. The summed E-state index contributed by atoms with van der Waals surface area (Å²) in [6.45, 7) is 5.79. The lowest BCUT2D eigenvalue weighted by Gasteiger charge is -2.36. The van der Waals surface area contributed by atoms with E-state index in [1.54, 1.807) is 6.20 Å². The van der Waals surface area contributed by atoms with E-state index >= 15 is 0 Å². The number of ether oxygens (including phenoxy) is 1. The van der Waals surface area contributed by atoms with Crippen molar-refractivity contribution < 1.29 is 17.9 Å². The molecule has 2 fully saturated rings. The Morgan fingerprint density at radius 2 is 1.83 bits per heavy atom. The van der Waals surface area contributed by atoms with Crippen LogP contribution in [0.1, 0.15) is 32.4 Å². The van der Waals surface area contributed by atoms with Crippen molar-refractivity contribution in [3.8, 4) is 11.3 Å². The lowest BCUT2D eigenvalue weighted by Crippen LogP contribution is -2.49. The fourth-order valence-electron chi connectivity index (χ4n) is 5.04. The smallest absolute Gasteiger partial charge is 0.226 e. The molecule has 1 aromatic carbocycles. The molecule has 1 saturated heterocycles. The average molecular weight is 509 g/mol. The topological polar surface area (TPSA) is 101 Å². The molecule has 8 nitrogen and oxygen atoms in total. The number of anilines is 1. The number of pyridine rings is 2. The Hall–Kier alpha value is -3.04. The van der Waals surface area contributed by atoms with E-state index in [1.807, 2.05) is 36.4 Å². The largest absolute Gasteiger partial charge is 0.372 e. The molecule has 0 radical (unpaired) electrons. The molecule has 3 heterocycles. The van der Waals surface area contributed by atoms with Crippen LogP contribution >= 0.6 is 0 Å². The Bertz CT molecular complexity index is 1380. The first-order valence-corrected chi connectivity index (χ1v) is 14.3. The Balaban J connectivity index is 1.29. The minimum atomic E-state index is -3.04. The summed E-state index contributed by atoms with van der Waals surface area (Å²) in [5.74, 6) is 0.800. The summed E-state index contributed by atoms with van der Waals surface area (Å²) in [6.07, 6.45) is 4.47. The van der Waals surface area contributed by atoms with Crippen LogP contribution in [0.3, 0.4) is 0 Å². The average Bonchev–Trinajstić information content (AvgIpc) is 2.79. The van der Waals surface area contributed by atoms with E-state index in [0.717, 1.165) is 40.9 Å². The number of nitrogens with one attached hydrogen (secondary N) is 1. The number of fused-ring (bicyclic) bond motifs is 1. The number of nitrogens with zero attached hydrogens (tertiary/aromatic N) is 3. The van der Waals surface area contributed by atoms with Crippen molar-refractivity contribution in [1.82, 2.24) is 15.3 Å². The number of aromatic nitrogens is 2. The molecule has 2 aromatic heterocycles. The second-order valence-electron chi connectivity index (χ2n) is 10.1. The van der Waals surface area contributed by atoms with Gasteiger partial charge < -0.3 is 15.0 Å². The molecule has 0 unspecified atom stereocenters. The number of carbonyl (C=O) groups is 1. The second-order valence-corrected chi connectivity index (χ2v) is 12.5. The van der Waals surface area contributed by atoms with Gasteiger partial charge >= 0.3 is 0 Å². The SMILES string of the molecule is C[C@@H]1CN(c2cccc(-c3ccc4cnc(CC(=O)NC5CC(S(C)(=O)=O)C5)cc4c3)n2)C[C@H](C)O1. The number of amides is 1. The minimum Gasteiger partial charge on any atom is -0.372 e. The molecular formula is C27H32N4O4S. The van der Waals surface area contributed by atoms with Crippen LogP contribution < -0.4 is 10.2 Å². The summed E-state index contributed by atoms with van der Waals surface area (Å²) in [6, 6.07) is 14.1. The summed E-state index contributed by atoms with van der Waals surface area (Å²) in [7, 11) is -3.04. The maximum Gasteiger partial charge on any atom is 0.226 e. The normalized spacial score (nSPS) is 24.4. The van der Waals surface area contributed by atoms with Crippen molar-refractivity contribution in [2.75, 3.05) is 24.2 Å². The first-order chi connectivity index (χ1) is 17.1. The highest BCUT2D eigenvalue weighted by molar-refractivity contribution is 7.91. The predicted molar refractivity (Wildman–Crippen MR) is 141 cm³/mol. The third-order valence-corrected chi connectivity index (χ3v) is 8.56. The maximum atomic E-state index is 12.5. The van der Waals surface area contributed by atoms with Crippen LogP contribution in [-0.2, 0) is 25.8 Å². The molecule has 1 aliphatic carbocycles. The summed E-state index contributed by atoms with van der Waals surface area (Å²) in [4.78, 5) is 24.2. The zero-order chi connectivity index (χ0) is 25.4. The second kappa shape index (κ2) is 9.78. The van der Waals surface area contributed by atoms with Crippen LogP contribution in [0.4, 0.5) is 5.82 Å². The minimum absolute atomic E-state index is 0.0833. The van der Waals surface area contributed by atoms with Gasteiger partial charge in [0.15, 0.2) is 0 Å². The van der Waals surface area contributed by atoms with Gasteiger partial charge in [0.05, 0.1) is 35.3 Å². The van der Waals surface area contributed by atoms with Gasteiger partial charge in [0.2, 0.25) is 5.91 Å². The third-order valence-electron chi connectivity index (χ3n) is 6.96. The van der Waals surface area contributed by atoms with E-state index < -0.39 is 9.84 Å². The molecule has 0 bridgehead atoms. The van der Waals surface area contributed by atoms with Gasteiger partial charge in [0, 0.05) is 42.5 Å². The van der Waals surface area contributed by atoms with Crippen molar-refractivity contribution in [1.29, 1.82) is 0 Å². The zero-order valence-electron chi connectivity index (χ0n) is 20.8. The Morgan fingerprint density at radius 3 is 2.56 bits per heavy atom. The van der Waals surface area contributed by atoms with Crippen molar-refractivity contribution in [2.24, 2.45) is 0 Å². The first kappa shape index (κ1) is 24.6. The number of morpholine rings is 1. The number of benzene rings is 1. The van der Waals surface area contributed by atoms with Gasteiger partial charge in [0.1, 0.15) is 15.7 Å². The van der Waals surface area contributed by atoms with E-state index in [-0.39, 0.29) is 35.8 Å². The highest BCUT2D eigenvalue weighted by Gasteiger charge is 2.36. The third kappa shape index (κ3) is 5.52. The highest BCUT2D eigenvalue weighted by Crippen LogP contribution is 2.28. The zero-order valence-corrected chi connectivity index (χ0v) is 21.7. The number of hydrogen-bond acceptors (Lipinski definition) is 7. The van der Waals surface area contributed by atoms with Crippen molar-refractivity contribution >= 4 is 32.3 Å². The predicted octanol–water partition coefficient (Wildman–Crippen LogP) is 3.14. The van der Waals surface area contributed by atoms with Crippen molar-refractivity contribution in [2.45, 2.75) is 56.6 Å². The number of rotatable bonds is 6. The molecule has 2 aliphatic rings. The molecule has 9 heteroatoms. The Labute approximate surface area is 212 Å². The fourth-order valence-corrected chi connectivity index (χ4v) is 6.21. The standard InChI is InChI=1S/C27H32N4O4S/c1-17-15-31(16-18(2)35-17)26-6-4-5-25(30-26)19-7-8-20-14-28-22(10-21(20)9-19)13-27(32)29-23-11-24(12-23)36(3,33)34/h4-10,14,17-18,23-24H,11-13,15-16H2,1-3H3,(H,29,32)/t17-,18+,23?,24?. The summed E-state index contributed by atoms with van der Waals surface area (Å²) in [5, 5.41) is 4.57. The van der Waals surface area contributed by atoms with Crippen LogP contribution in [0.25, 0.3) is 22.0 Å². The van der Waals surface area contributed by atoms with E-state index in [9.17, 15) is 13.2 Å². The summed E-state index contributed by atoms with van der Waals surface area (Å²) < 4.78 is 29.0. The van der Waals surface area contributed by atoms with Crippen molar-refractivity contribution in [3.63, 3.8) is 0 Å². The summed E-state index contributed by atoms with van der Waals surface area (Å²) in [5.41, 5.74) is 2.57. The Morgan fingerprint density at radius 1 is 1.08 bits per heavy atom. The van der Waals surface area contributed by atoms with E-state index in [1.165, 1.54) is 6.26 Å². The van der Waals surface area contributed by atoms with E-state index in [2.05, 4.69) is 35.1 Å². The lowest BCUT2D eigenvalue weighted by molar-refractivity contribution is -0.121. The van der Waals surface area contributed by atoms with Gasteiger partial charge in [-0.2, -0.15) is 0 Å². The van der Waals surface area contributed by atoms with E-state index in [0.29, 0.717) is 18.5 Å². The molecule has 36 heavy (non-hydrogen) atoms. The molecule has 0 spiro atoms. The molecule has 3 aromatic rings. The van der Waals surface area contributed by atoms with Gasteiger partial charge in [-0.05, 0) is 56.3 Å². The monoisotopic (exact) mass is 508 g/mol. The van der Waals surface area contributed by atoms with E-state index in [4.69, 9.17) is 9.72 Å². The van der Waals surface area contributed by atoms with Crippen LogP contribution in [0.5, 0.6) is 0 Å². The van der Waals surface area contributed by atoms with Gasteiger partial charge in [-0.25, -0.2) is 13.4 Å². The Kier molecular flexibility index (Phi) is 6.70. The van der Waals surface area contributed by atoms with Crippen LogP contribution in [0, 0.1) is 0 Å². The molecule has 1 N–H and O–H groups in total. The van der Waals surface area contributed by atoms with Gasteiger partial charge in [-0.3, -0.25) is 9.78 Å². The van der Waals surface area contributed by atoms with Crippen LogP contribution in [0.15, 0.2) is 48.7 Å². The molecule has 1 saturated carbocycles. The van der Waals surface area contributed by atoms with Gasteiger partial charge in [-0.1, -0.05) is 18.2 Å². The highest BCUT2D eigenvalue weighted by atomic mass is 32.2. The van der Waals surface area contributed by atoms with Crippen molar-refractivity contribution in [3.05, 3.63) is 54.4 Å². The number of hydrogen-bond donors (Lipinski definition) is 1. The first-order valence-electron chi connectivity index (χ1n) is 12.4. The van der Waals surface area contributed by atoms with Gasteiger partial charge in [0.25, 0.3) is 0 Å². The molecule has 2 atom stereocenters. The fraction of sp³-hybridized carbons (Fsp3) is 0.444. The molecule has 190 valence electrons. The molecular weight excluding hydrogens is 476 g/mol. The van der Waals surface area contributed by atoms with Crippen LogP contribution in [-0.4, -0.2) is 67.1 Å². The summed E-state index contributed by atoms with van der Waals surface area (Å²) >= 11 is 0.